The first-order chi connectivity index (χ1) is 8.35. The highest BCUT2D eigenvalue weighted by atomic mass is 16.5. The smallest absolute Gasteiger partial charge is 0.137 e. The standard InChI is InChI=1S/C14H22N2O/c1-2-6-17-13-7-12(9-16-10-13)14-5-3-4-11(14)8-15/h7,9-11,14H,2-6,8,15H2,1H3. The molecule has 1 aliphatic rings. The Balaban J connectivity index is 2.09. The van der Waals surface area contributed by atoms with Crippen LogP contribution in [0.1, 0.15) is 44.1 Å². The molecule has 3 heteroatoms. The molecule has 2 N–H and O–H groups in total. The minimum Gasteiger partial charge on any atom is -0.492 e. The summed E-state index contributed by atoms with van der Waals surface area (Å²) in [6, 6.07) is 2.14. The van der Waals surface area contributed by atoms with Gasteiger partial charge in [0.05, 0.1) is 12.8 Å². The molecule has 17 heavy (non-hydrogen) atoms. The zero-order valence-corrected chi connectivity index (χ0v) is 10.6. The van der Waals surface area contributed by atoms with Gasteiger partial charge in [-0.1, -0.05) is 13.3 Å². The van der Waals surface area contributed by atoms with E-state index in [2.05, 4.69) is 18.0 Å². The molecule has 1 fully saturated rings. The van der Waals surface area contributed by atoms with Crippen LogP contribution < -0.4 is 10.5 Å². The zero-order valence-electron chi connectivity index (χ0n) is 10.6. The van der Waals surface area contributed by atoms with Crippen molar-refractivity contribution in [1.82, 2.24) is 4.98 Å². The number of rotatable bonds is 5. The fourth-order valence-corrected chi connectivity index (χ4v) is 2.70. The molecule has 1 aliphatic carbocycles. The molecular formula is C14H22N2O. The second kappa shape index (κ2) is 6.01. The number of nitrogens with zero attached hydrogens (tertiary/aromatic N) is 1. The van der Waals surface area contributed by atoms with Crippen LogP contribution >= 0.6 is 0 Å². The van der Waals surface area contributed by atoms with Gasteiger partial charge in [0.2, 0.25) is 0 Å². The first kappa shape index (κ1) is 12.4. The summed E-state index contributed by atoms with van der Waals surface area (Å²) in [5.41, 5.74) is 7.13. The average Bonchev–Trinajstić information content (AvgIpc) is 2.85. The first-order valence-electron chi connectivity index (χ1n) is 6.63. The highest BCUT2D eigenvalue weighted by Gasteiger charge is 2.27. The fraction of sp³-hybridized carbons (Fsp3) is 0.643. The number of ether oxygens (including phenoxy) is 1. The highest BCUT2D eigenvalue weighted by Crippen LogP contribution is 2.39. The minimum atomic E-state index is 0.581. The summed E-state index contributed by atoms with van der Waals surface area (Å²) in [5, 5.41) is 0. The molecule has 0 aliphatic heterocycles. The van der Waals surface area contributed by atoms with Gasteiger partial charge in [-0.3, -0.25) is 4.98 Å². The van der Waals surface area contributed by atoms with Crippen molar-refractivity contribution in [1.29, 1.82) is 0 Å². The summed E-state index contributed by atoms with van der Waals surface area (Å²) in [4.78, 5) is 4.29. The van der Waals surface area contributed by atoms with Crippen LogP contribution in [0.15, 0.2) is 18.5 Å². The van der Waals surface area contributed by atoms with E-state index >= 15 is 0 Å². The van der Waals surface area contributed by atoms with Gasteiger partial charge >= 0.3 is 0 Å². The third-order valence-electron chi connectivity index (χ3n) is 3.60. The monoisotopic (exact) mass is 234 g/mol. The normalized spacial score (nSPS) is 23.9. The van der Waals surface area contributed by atoms with Crippen LogP contribution in [0.5, 0.6) is 5.75 Å². The van der Waals surface area contributed by atoms with E-state index in [9.17, 15) is 0 Å². The van der Waals surface area contributed by atoms with Gasteiger partial charge in [-0.15, -0.1) is 0 Å². The predicted octanol–water partition coefficient (Wildman–Crippen LogP) is 2.71. The Labute approximate surface area is 103 Å². The zero-order chi connectivity index (χ0) is 12.1. The van der Waals surface area contributed by atoms with Gasteiger partial charge in [-0.25, -0.2) is 0 Å². The molecule has 1 aromatic heterocycles. The van der Waals surface area contributed by atoms with Gasteiger partial charge < -0.3 is 10.5 Å². The molecule has 3 nitrogen and oxygen atoms in total. The Hall–Kier alpha value is -1.09. The Morgan fingerprint density at radius 2 is 2.29 bits per heavy atom. The Morgan fingerprint density at radius 3 is 3.06 bits per heavy atom. The van der Waals surface area contributed by atoms with Gasteiger partial charge in [-0.05, 0) is 49.3 Å². The summed E-state index contributed by atoms with van der Waals surface area (Å²) in [6.07, 6.45) is 8.57. The first-order valence-corrected chi connectivity index (χ1v) is 6.63. The lowest BCUT2D eigenvalue weighted by atomic mass is 9.90. The van der Waals surface area contributed by atoms with E-state index in [4.69, 9.17) is 10.5 Å². The molecule has 0 aromatic carbocycles. The van der Waals surface area contributed by atoms with E-state index in [1.54, 1.807) is 6.20 Å². The summed E-state index contributed by atoms with van der Waals surface area (Å²) in [6.45, 7) is 3.65. The Bertz CT molecular complexity index is 354. The van der Waals surface area contributed by atoms with Crippen molar-refractivity contribution in [2.75, 3.05) is 13.2 Å². The molecule has 1 saturated carbocycles. The Morgan fingerprint density at radius 1 is 1.41 bits per heavy atom. The average molecular weight is 234 g/mol. The molecule has 2 unspecified atom stereocenters. The van der Waals surface area contributed by atoms with E-state index in [0.717, 1.165) is 25.3 Å². The fourth-order valence-electron chi connectivity index (χ4n) is 2.70. The van der Waals surface area contributed by atoms with Crippen molar-refractivity contribution >= 4 is 0 Å². The number of hydrogen-bond donors (Lipinski definition) is 1. The summed E-state index contributed by atoms with van der Waals surface area (Å²) in [5.74, 6) is 2.10. The van der Waals surface area contributed by atoms with Crippen molar-refractivity contribution in [3.63, 3.8) is 0 Å². The van der Waals surface area contributed by atoms with Crippen LogP contribution in [-0.2, 0) is 0 Å². The van der Waals surface area contributed by atoms with Crippen molar-refractivity contribution in [3.05, 3.63) is 24.0 Å². The van der Waals surface area contributed by atoms with E-state index in [1.165, 1.54) is 24.8 Å². The number of aromatic nitrogens is 1. The lowest BCUT2D eigenvalue weighted by molar-refractivity contribution is 0.315. The van der Waals surface area contributed by atoms with Gasteiger partial charge in [0.25, 0.3) is 0 Å². The molecule has 0 amide bonds. The number of pyridine rings is 1. The van der Waals surface area contributed by atoms with E-state index in [0.29, 0.717) is 11.8 Å². The SMILES string of the molecule is CCCOc1cncc(C2CCCC2CN)c1. The summed E-state index contributed by atoms with van der Waals surface area (Å²) >= 11 is 0. The molecule has 0 saturated heterocycles. The number of nitrogens with two attached hydrogens (primary N) is 1. The largest absolute Gasteiger partial charge is 0.492 e. The molecule has 0 radical (unpaired) electrons. The quantitative estimate of drug-likeness (QED) is 0.852. The predicted molar refractivity (Wildman–Crippen MR) is 69.2 cm³/mol. The van der Waals surface area contributed by atoms with Gasteiger partial charge in [0.15, 0.2) is 0 Å². The number of hydrogen-bond acceptors (Lipinski definition) is 3. The molecule has 0 bridgehead atoms. The van der Waals surface area contributed by atoms with Crippen LogP contribution in [0.4, 0.5) is 0 Å². The van der Waals surface area contributed by atoms with Crippen LogP contribution in [0.25, 0.3) is 0 Å². The van der Waals surface area contributed by atoms with Crippen molar-refractivity contribution < 1.29 is 4.74 Å². The molecule has 1 aromatic rings. The maximum atomic E-state index is 5.83. The van der Waals surface area contributed by atoms with E-state index in [-0.39, 0.29) is 0 Å². The third-order valence-corrected chi connectivity index (χ3v) is 3.60. The molecule has 2 atom stereocenters. The second-order valence-electron chi connectivity index (χ2n) is 4.84. The van der Waals surface area contributed by atoms with Crippen molar-refractivity contribution in [2.45, 2.75) is 38.5 Å². The molecule has 2 rings (SSSR count). The lowest BCUT2D eigenvalue weighted by Crippen LogP contribution is -2.17. The topological polar surface area (TPSA) is 48.1 Å². The van der Waals surface area contributed by atoms with E-state index in [1.807, 2.05) is 6.20 Å². The van der Waals surface area contributed by atoms with Gasteiger partial charge in [-0.2, -0.15) is 0 Å². The molecule has 0 spiro atoms. The van der Waals surface area contributed by atoms with Crippen molar-refractivity contribution in [3.8, 4) is 5.75 Å². The molecule has 1 heterocycles. The highest BCUT2D eigenvalue weighted by molar-refractivity contribution is 5.27. The van der Waals surface area contributed by atoms with Crippen LogP contribution in [0, 0.1) is 5.92 Å². The van der Waals surface area contributed by atoms with Crippen LogP contribution in [0.2, 0.25) is 0 Å². The Kier molecular flexibility index (Phi) is 4.37. The summed E-state index contributed by atoms with van der Waals surface area (Å²) in [7, 11) is 0. The van der Waals surface area contributed by atoms with E-state index < -0.39 is 0 Å². The van der Waals surface area contributed by atoms with Crippen LogP contribution in [-0.4, -0.2) is 18.1 Å². The maximum absolute atomic E-state index is 5.83. The van der Waals surface area contributed by atoms with Gasteiger partial charge in [0, 0.05) is 6.20 Å². The molecule has 94 valence electrons. The van der Waals surface area contributed by atoms with Gasteiger partial charge in [0.1, 0.15) is 5.75 Å². The third kappa shape index (κ3) is 2.97. The second-order valence-corrected chi connectivity index (χ2v) is 4.84. The maximum Gasteiger partial charge on any atom is 0.137 e. The minimum absolute atomic E-state index is 0.581. The molecular weight excluding hydrogens is 212 g/mol. The van der Waals surface area contributed by atoms with Crippen molar-refractivity contribution in [2.24, 2.45) is 11.7 Å². The summed E-state index contributed by atoms with van der Waals surface area (Å²) < 4.78 is 5.63. The van der Waals surface area contributed by atoms with Crippen LogP contribution in [0.3, 0.4) is 0 Å². The lowest BCUT2D eigenvalue weighted by Gasteiger charge is -2.18.